The van der Waals surface area contributed by atoms with E-state index in [1.807, 2.05) is 6.07 Å². The van der Waals surface area contributed by atoms with Gasteiger partial charge in [-0.1, -0.05) is 6.42 Å². The minimum atomic E-state index is -3.44. The van der Waals surface area contributed by atoms with E-state index >= 15 is 0 Å². The summed E-state index contributed by atoms with van der Waals surface area (Å²) in [5.41, 5.74) is 1.19. The van der Waals surface area contributed by atoms with Crippen molar-refractivity contribution in [1.29, 1.82) is 5.26 Å². The van der Waals surface area contributed by atoms with E-state index in [1.54, 1.807) is 19.1 Å². The molecular weight excluding hydrogens is 248 g/mol. The van der Waals surface area contributed by atoms with Gasteiger partial charge in [-0.2, -0.15) is 5.26 Å². The van der Waals surface area contributed by atoms with E-state index in [2.05, 4.69) is 4.72 Å². The van der Waals surface area contributed by atoms with E-state index in [9.17, 15) is 8.42 Å². The molecule has 0 aliphatic heterocycles. The number of nitrogens with zero attached hydrogens (tertiary/aromatic N) is 1. The number of nitriles is 1. The molecule has 0 radical (unpaired) electrons. The second-order valence-electron chi connectivity index (χ2n) is 4.74. The quantitative estimate of drug-likeness (QED) is 0.903. The molecule has 1 aromatic carbocycles. The number of hydrogen-bond donors (Lipinski definition) is 1. The van der Waals surface area contributed by atoms with Crippen molar-refractivity contribution >= 4 is 10.0 Å². The fraction of sp³-hybridized carbons (Fsp3) is 0.462. The van der Waals surface area contributed by atoms with Crippen LogP contribution in [0.2, 0.25) is 0 Å². The van der Waals surface area contributed by atoms with Crippen LogP contribution in [0.25, 0.3) is 0 Å². The molecule has 5 heteroatoms. The molecule has 0 saturated heterocycles. The van der Waals surface area contributed by atoms with E-state index in [4.69, 9.17) is 5.26 Å². The maximum Gasteiger partial charge on any atom is 0.240 e. The lowest BCUT2D eigenvalue weighted by Gasteiger charge is -2.25. The molecule has 0 unspecified atom stereocenters. The summed E-state index contributed by atoms with van der Waals surface area (Å²) in [6.45, 7) is 2.25. The van der Waals surface area contributed by atoms with Gasteiger partial charge >= 0.3 is 0 Å². The topological polar surface area (TPSA) is 70.0 Å². The van der Waals surface area contributed by atoms with Gasteiger partial charge in [-0.3, -0.25) is 0 Å². The van der Waals surface area contributed by atoms with Gasteiger partial charge in [0.05, 0.1) is 16.5 Å². The fourth-order valence-corrected chi connectivity index (χ4v) is 3.14. The van der Waals surface area contributed by atoms with Gasteiger partial charge in [0, 0.05) is 6.54 Å². The Labute approximate surface area is 108 Å². The van der Waals surface area contributed by atoms with Crippen molar-refractivity contribution in [2.24, 2.45) is 5.92 Å². The molecule has 18 heavy (non-hydrogen) atoms. The van der Waals surface area contributed by atoms with Crippen LogP contribution >= 0.6 is 0 Å². The highest BCUT2D eigenvalue weighted by atomic mass is 32.2. The third-order valence-corrected chi connectivity index (χ3v) is 4.84. The highest BCUT2D eigenvalue weighted by Gasteiger charge is 2.21. The van der Waals surface area contributed by atoms with Gasteiger partial charge in [0.2, 0.25) is 10.0 Å². The Kier molecular flexibility index (Phi) is 3.69. The van der Waals surface area contributed by atoms with Crippen molar-refractivity contribution in [1.82, 2.24) is 4.72 Å². The van der Waals surface area contributed by atoms with Crippen LogP contribution in [0, 0.1) is 24.2 Å². The Bertz CT molecular complexity index is 583. The van der Waals surface area contributed by atoms with Gasteiger partial charge in [-0.25, -0.2) is 13.1 Å². The van der Waals surface area contributed by atoms with Crippen LogP contribution < -0.4 is 4.72 Å². The molecule has 0 heterocycles. The van der Waals surface area contributed by atoms with E-state index in [0.717, 1.165) is 12.8 Å². The molecule has 0 atom stereocenters. The van der Waals surface area contributed by atoms with Crippen LogP contribution in [0.3, 0.4) is 0 Å². The predicted molar refractivity (Wildman–Crippen MR) is 68.4 cm³/mol. The lowest BCUT2D eigenvalue weighted by Crippen LogP contribution is -2.32. The van der Waals surface area contributed by atoms with E-state index in [0.29, 0.717) is 23.6 Å². The smallest absolute Gasteiger partial charge is 0.211 e. The van der Waals surface area contributed by atoms with Crippen molar-refractivity contribution in [3.05, 3.63) is 29.3 Å². The number of benzene rings is 1. The van der Waals surface area contributed by atoms with Crippen molar-refractivity contribution in [2.45, 2.75) is 31.1 Å². The monoisotopic (exact) mass is 264 g/mol. The number of aryl methyl sites for hydroxylation is 1. The van der Waals surface area contributed by atoms with Gasteiger partial charge < -0.3 is 0 Å². The average molecular weight is 264 g/mol. The van der Waals surface area contributed by atoms with Crippen LogP contribution in [0.4, 0.5) is 0 Å². The molecule has 0 aromatic heterocycles. The first-order chi connectivity index (χ1) is 8.53. The summed E-state index contributed by atoms with van der Waals surface area (Å²) in [7, 11) is -3.44. The summed E-state index contributed by atoms with van der Waals surface area (Å²) in [4.78, 5) is 0.235. The Morgan fingerprint density at radius 3 is 2.67 bits per heavy atom. The summed E-state index contributed by atoms with van der Waals surface area (Å²) < 4.78 is 26.7. The normalized spacial score (nSPS) is 16.0. The number of hydrogen-bond acceptors (Lipinski definition) is 3. The average Bonchev–Trinajstić information content (AvgIpc) is 2.26. The van der Waals surface area contributed by atoms with Crippen molar-refractivity contribution < 1.29 is 8.42 Å². The summed E-state index contributed by atoms with van der Waals surface area (Å²) in [6.07, 6.45) is 3.41. The standard InChI is InChI=1S/C13H16N2O2S/c1-10-7-13(6-5-12(10)8-14)18(16,17)15-9-11-3-2-4-11/h5-7,11,15H,2-4,9H2,1H3. The highest BCUT2D eigenvalue weighted by molar-refractivity contribution is 7.89. The Hall–Kier alpha value is -1.38. The van der Waals surface area contributed by atoms with Gasteiger partial charge in [-0.05, 0) is 49.4 Å². The molecule has 1 fully saturated rings. The number of rotatable bonds is 4. The molecule has 1 saturated carbocycles. The van der Waals surface area contributed by atoms with Crippen LogP contribution in [0.15, 0.2) is 23.1 Å². The summed E-state index contributed by atoms with van der Waals surface area (Å²) in [5.74, 6) is 0.485. The SMILES string of the molecule is Cc1cc(S(=O)(=O)NCC2CCC2)ccc1C#N. The predicted octanol–water partition coefficient (Wildman–Crippen LogP) is 1.95. The molecule has 0 bridgehead atoms. The fourth-order valence-electron chi connectivity index (χ4n) is 1.94. The summed E-state index contributed by atoms with van der Waals surface area (Å²) in [6, 6.07) is 6.60. The van der Waals surface area contributed by atoms with E-state index < -0.39 is 10.0 Å². The zero-order valence-electron chi connectivity index (χ0n) is 10.3. The molecule has 2 rings (SSSR count). The third kappa shape index (κ3) is 2.71. The third-order valence-electron chi connectivity index (χ3n) is 3.42. The molecule has 1 N–H and O–H groups in total. The zero-order chi connectivity index (χ0) is 13.2. The maximum atomic E-state index is 12.0. The zero-order valence-corrected chi connectivity index (χ0v) is 11.1. The van der Waals surface area contributed by atoms with Gasteiger partial charge in [0.15, 0.2) is 0 Å². The highest BCUT2D eigenvalue weighted by Crippen LogP contribution is 2.25. The first-order valence-electron chi connectivity index (χ1n) is 6.03. The second-order valence-corrected chi connectivity index (χ2v) is 6.50. The van der Waals surface area contributed by atoms with E-state index in [1.165, 1.54) is 12.5 Å². The van der Waals surface area contributed by atoms with Gasteiger partial charge in [0.1, 0.15) is 0 Å². The second kappa shape index (κ2) is 5.09. The van der Waals surface area contributed by atoms with E-state index in [-0.39, 0.29) is 4.90 Å². The molecular formula is C13H16N2O2S. The minimum Gasteiger partial charge on any atom is -0.211 e. The summed E-state index contributed by atoms with van der Waals surface area (Å²) in [5, 5.41) is 8.81. The van der Waals surface area contributed by atoms with Crippen molar-refractivity contribution in [2.75, 3.05) is 6.54 Å². The largest absolute Gasteiger partial charge is 0.240 e. The lowest BCUT2D eigenvalue weighted by atomic mass is 9.86. The van der Waals surface area contributed by atoms with Crippen LogP contribution in [-0.2, 0) is 10.0 Å². The molecule has 1 aliphatic carbocycles. The first kappa shape index (κ1) is 13.1. The summed E-state index contributed by atoms with van der Waals surface area (Å²) >= 11 is 0. The Morgan fingerprint density at radius 1 is 1.44 bits per heavy atom. The molecule has 4 nitrogen and oxygen atoms in total. The number of sulfonamides is 1. The molecule has 1 aliphatic rings. The molecule has 0 spiro atoms. The minimum absolute atomic E-state index is 0.235. The Balaban J connectivity index is 2.13. The maximum absolute atomic E-state index is 12.0. The van der Waals surface area contributed by atoms with Crippen LogP contribution in [0.5, 0.6) is 0 Å². The molecule has 1 aromatic rings. The van der Waals surface area contributed by atoms with Crippen molar-refractivity contribution in [3.63, 3.8) is 0 Å². The van der Waals surface area contributed by atoms with Gasteiger partial charge in [-0.15, -0.1) is 0 Å². The van der Waals surface area contributed by atoms with Gasteiger partial charge in [0.25, 0.3) is 0 Å². The molecule has 0 amide bonds. The molecule has 96 valence electrons. The van der Waals surface area contributed by atoms with Crippen LogP contribution in [0.1, 0.15) is 30.4 Å². The Morgan fingerprint density at radius 2 is 2.17 bits per heavy atom. The number of nitrogens with one attached hydrogen (secondary N) is 1. The first-order valence-corrected chi connectivity index (χ1v) is 7.51. The lowest BCUT2D eigenvalue weighted by molar-refractivity contribution is 0.316. The van der Waals surface area contributed by atoms with Crippen molar-refractivity contribution in [3.8, 4) is 6.07 Å². The van der Waals surface area contributed by atoms with Crippen LogP contribution in [-0.4, -0.2) is 15.0 Å².